The van der Waals surface area contributed by atoms with Gasteiger partial charge in [-0.05, 0) is 53.5 Å². The number of pyridine rings is 1. The number of aryl methyl sites for hydroxylation is 1. The third-order valence-corrected chi connectivity index (χ3v) is 4.04. The highest BCUT2D eigenvalue weighted by atomic mass is 79.9. The van der Waals surface area contributed by atoms with Gasteiger partial charge in [-0.25, -0.2) is 4.98 Å². The van der Waals surface area contributed by atoms with Gasteiger partial charge in [0.1, 0.15) is 17.1 Å². The standard InChI is InChI=1S/C18H18BrN3O2/c1-3-10-24-15-7-5-4-6-14(15)21-18(23)17-12(2)20-16-9-8-13(19)11-22(16)17/h4-9,11H,3,10H2,1-2H3,(H,21,23). The molecule has 2 aromatic heterocycles. The molecule has 0 atom stereocenters. The second-order valence-corrected chi connectivity index (χ2v) is 6.34. The summed E-state index contributed by atoms with van der Waals surface area (Å²) in [6.45, 7) is 4.48. The van der Waals surface area contributed by atoms with Crippen molar-refractivity contribution >= 4 is 33.2 Å². The predicted octanol–water partition coefficient (Wildman–Crippen LogP) is 4.45. The number of ether oxygens (including phenoxy) is 1. The zero-order valence-corrected chi connectivity index (χ0v) is 15.1. The van der Waals surface area contributed by atoms with Crippen LogP contribution < -0.4 is 10.1 Å². The highest BCUT2D eigenvalue weighted by Gasteiger charge is 2.18. The van der Waals surface area contributed by atoms with Crippen molar-refractivity contribution in [1.82, 2.24) is 9.38 Å². The van der Waals surface area contributed by atoms with Gasteiger partial charge in [0, 0.05) is 10.7 Å². The lowest BCUT2D eigenvalue weighted by atomic mass is 10.2. The molecule has 0 bridgehead atoms. The van der Waals surface area contributed by atoms with Crippen molar-refractivity contribution in [3.63, 3.8) is 0 Å². The van der Waals surface area contributed by atoms with Crippen LogP contribution in [0, 0.1) is 6.92 Å². The zero-order chi connectivity index (χ0) is 17.1. The highest BCUT2D eigenvalue weighted by Crippen LogP contribution is 2.25. The lowest BCUT2D eigenvalue weighted by Gasteiger charge is -2.12. The molecular formula is C18H18BrN3O2. The Labute approximate surface area is 148 Å². The number of para-hydroxylation sites is 2. The van der Waals surface area contributed by atoms with Crippen molar-refractivity contribution in [1.29, 1.82) is 0 Å². The first-order valence-electron chi connectivity index (χ1n) is 7.77. The number of nitrogens with zero attached hydrogens (tertiary/aromatic N) is 2. The maximum atomic E-state index is 12.8. The summed E-state index contributed by atoms with van der Waals surface area (Å²) in [5, 5.41) is 2.93. The first-order valence-corrected chi connectivity index (χ1v) is 8.57. The van der Waals surface area contributed by atoms with Gasteiger partial charge in [-0.15, -0.1) is 0 Å². The van der Waals surface area contributed by atoms with E-state index in [1.54, 1.807) is 4.40 Å². The van der Waals surface area contributed by atoms with Crippen LogP contribution in [0.4, 0.5) is 5.69 Å². The van der Waals surface area contributed by atoms with E-state index in [2.05, 4.69) is 26.2 Å². The number of anilines is 1. The summed E-state index contributed by atoms with van der Waals surface area (Å²) in [6.07, 6.45) is 2.74. The van der Waals surface area contributed by atoms with Crippen LogP contribution in [0.3, 0.4) is 0 Å². The third kappa shape index (κ3) is 3.28. The number of hydrogen-bond acceptors (Lipinski definition) is 3. The summed E-state index contributed by atoms with van der Waals surface area (Å²) in [5.41, 5.74) is 2.57. The van der Waals surface area contributed by atoms with E-state index in [-0.39, 0.29) is 5.91 Å². The lowest BCUT2D eigenvalue weighted by Crippen LogP contribution is -2.16. The normalized spacial score (nSPS) is 10.8. The minimum atomic E-state index is -0.217. The van der Waals surface area contributed by atoms with Crippen molar-refractivity contribution in [3.05, 3.63) is 58.5 Å². The number of aromatic nitrogens is 2. The molecule has 6 heteroatoms. The number of halogens is 1. The van der Waals surface area contributed by atoms with E-state index in [0.29, 0.717) is 29.4 Å². The van der Waals surface area contributed by atoms with Crippen molar-refractivity contribution in [3.8, 4) is 5.75 Å². The molecule has 0 spiro atoms. The van der Waals surface area contributed by atoms with Crippen molar-refractivity contribution in [2.24, 2.45) is 0 Å². The topological polar surface area (TPSA) is 55.6 Å². The Morgan fingerprint density at radius 3 is 2.88 bits per heavy atom. The SMILES string of the molecule is CCCOc1ccccc1NC(=O)c1c(C)nc2ccc(Br)cn12. The van der Waals surface area contributed by atoms with Crippen LogP contribution in [0.1, 0.15) is 29.5 Å². The molecule has 0 aliphatic rings. The second-order valence-electron chi connectivity index (χ2n) is 5.42. The van der Waals surface area contributed by atoms with E-state index < -0.39 is 0 Å². The van der Waals surface area contributed by atoms with Crippen LogP contribution in [0.25, 0.3) is 5.65 Å². The molecule has 0 aliphatic carbocycles. The number of benzene rings is 1. The van der Waals surface area contributed by atoms with Gasteiger partial charge in [-0.1, -0.05) is 19.1 Å². The van der Waals surface area contributed by atoms with E-state index in [1.807, 2.05) is 56.4 Å². The molecule has 3 rings (SSSR count). The molecule has 2 heterocycles. The van der Waals surface area contributed by atoms with E-state index in [9.17, 15) is 4.79 Å². The third-order valence-electron chi connectivity index (χ3n) is 3.57. The van der Waals surface area contributed by atoms with Crippen LogP contribution in [0.2, 0.25) is 0 Å². The van der Waals surface area contributed by atoms with Crippen LogP contribution in [-0.2, 0) is 0 Å². The lowest BCUT2D eigenvalue weighted by molar-refractivity contribution is 0.102. The van der Waals surface area contributed by atoms with Gasteiger partial charge in [0.25, 0.3) is 5.91 Å². The average Bonchev–Trinajstić information content (AvgIpc) is 2.89. The Kier molecular flexibility index (Phi) is 4.85. The van der Waals surface area contributed by atoms with Crippen LogP contribution in [-0.4, -0.2) is 21.9 Å². The number of imidazole rings is 1. The molecule has 0 saturated carbocycles. The molecule has 0 saturated heterocycles. The van der Waals surface area contributed by atoms with E-state index in [0.717, 1.165) is 16.5 Å². The molecule has 1 aromatic carbocycles. The molecule has 0 radical (unpaired) electrons. The van der Waals surface area contributed by atoms with Crippen molar-refractivity contribution in [2.45, 2.75) is 20.3 Å². The zero-order valence-electron chi connectivity index (χ0n) is 13.5. The maximum absolute atomic E-state index is 12.8. The minimum Gasteiger partial charge on any atom is -0.491 e. The second kappa shape index (κ2) is 7.05. The van der Waals surface area contributed by atoms with Crippen LogP contribution in [0.5, 0.6) is 5.75 Å². The molecule has 1 N–H and O–H groups in total. The Balaban J connectivity index is 1.94. The number of rotatable bonds is 5. The Morgan fingerprint density at radius 1 is 1.29 bits per heavy atom. The molecular weight excluding hydrogens is 370 g/mol. The maximum Gasteiger partial charge on any atom is 0.274 e. The fourth-order valence-corrected chi connectivity index (χ4v) is 2.84. The number of hydrogen-bond donors (Lipinski definition) is 1. The number of amides is 1. The molecule has 124 valence electrons. The van der Waals surface area contributed by atoms with Crippen LogP contribution >= 0.6 is 15.9 Å². The summed E-state index contributed by atoms with van der Waals surface area (Å²) in [5.74, 6) is 0.450. The van der Waals surface area contributed by atoms with E-state index in [4.69, 9.17) is 4.74 Å². The van der Waals surface area contributed by atoms with Gasteiger partial charge in [0.15, 0.2) is 0 Å². The number of carbonyl (C=O) groups is 1. The van der Waals surface area contributed by atoms with Gasteiger partial charge in [0.2, 0.25) is 0 Å². The highest BCUT2D eigenvalue weighted by molar-refractivity contribution is 9.10. The Morgan fingerprint density at radius 2 is 2.08 bits per heavy atom. The summed E-state index contributed by atoms with van der Waals surface area (Å²) < 4.78 is 8.36. The monoisotopic (exact) mass is 387 g/mol. The van der Waals surface area contributed by atoms with Gasteiger partial charge in [-0.2, -0.15) is 0 Å². The molecule has 0 aliphatic heterocycles. The Bertz CT molecular complexity index is 889. The summed E-state index contributed by atoms with van der Waals surface area (Å²) in [7, 11) is 0. The molecule has 5 nitrogen and oxygen atoms in total. The summed E-state index contributed by atoms with van der Waals surface area (Å²) in [6, 6.07) is 11.2. The smallest absolute Gasteiger partial charge is 0.274 e. The van der Waals surface area contributed by atoms with Gasteiger partial charge >= 0.3 is 0 Å². The van der Waals surface area contributed by atoms with Gasteiger partial charge in [-0.3, -0.25) is 9.20 Å². The van der Waals surface area contributed by atoms with Crippen LogP contribution in [0.15, 0.2) is 47.1 Å². The number of fused-ring (bicyclic) bond motifs is 1. The molecule has 0 fully saturated rings. The molecule has 3 aromatic rings. The number of carbonyl (C=O) groups excluding carboxylic acids is 1. The first kappa shape index (κ1) is 16.5. The largest absolute Gasteiger partial charge is 0.491 e. The molecule has 24 heavy (non-hydrogen) atoms. The molecule has 1 amide bonds. The van der Waals surface area contributed by atoms with E-state index >= 15 is 0 Å². The number of nitrogens with one attached hydrogen (secondary N) is 1. The molecule has 0 unspecified atom stereocenters. The van der Waals surface area contributed by atoms with E-state index in [1.165, 1.54) is 0 Å². The average molecular weight is 388 g/mol. The summed E-state index contributed by atoms with van der Waals surface area (Å²) in [4.78, 5) is 17.2. The van der Waals surface area contributed by atoms with Crippen molar-refractivity contribution in [2.75, 3.05) is 11.9 Å². The quantitative estimate of drug-likeness (QED) is 0.703. The summed E-state index contributed by atoms with van der Waals surface area (Å²) >= 11 is 3.43. The first-order chi connectivity index (χ1) is 11.6. The fourth-order valence-electron chi connectivity index (χ4n) is 2.50. The van der Waals surface area contributed by atoms with Gasteiger partial charge in [0.05, 0.1) is 18.0 Å². The predicted molar refractivity (Wildman–Crippen MR) is 97.8 cm³/mol. The fraction of sp³-hybridized carbons (Fsp3) is 0.222. The van der Waals surface area contributed by atoms with Crippen molar-refractivity contribution < 1.29 is 9.53 Å². The van der Waals surface area contributed by atoms with Gasteiger partial charge < -0.3 is 10.1 Å². The minimum absolute atomic E-state index is 0.217. The Hall–Kier alpha value is -2.34.